The first-order valence-electron chi connectivity index (χ1n) is 18.6. The zero-order chi connectivity index (χ0) is 38.1. The summed E-state index contributed by atoms with van der Waals surface area (Å²) in [6, 6.07) is 38.5. The fourth-order valence-electron chi connectivity index (χ4n) is 6.77. The topological polar surface area (TPSA) is 87.8 Å². The van der Waals surface area contributed by atoms with E-state index in [9.17, 15) is 0 Å². The van der Waals surface area contributed by atoms with E-state index < -0.39 is 0 Å². The van der Waals surface area contributed by atoms with Crippen LogP contribution in [0.2, 0.25) is 0 Å². The Hall–Kier alpha value is -5.09. The minimum Gasteiger partial charge on any atom is -0.503 e. The maximum atomic E-state index is 6.65. The van der Waals surface area contributed by atoms with Crippen molar-refractivity contribution in [3.05, 3.63) is 144 Å². The molecule has 57 heavy (non-hydrogen) atoms. The molecular weight excluding hydrogens is 893 g/mol. The summed E-state index contributed by atoms with van der Waals surface area (Å²) in [6.45, 7) is 12.9. The molecule has 8 rings (SSSR count). The van der Waals surface area contributed by atoms with Crippen LogP contribution in [0, 0.1) is 49.9 Å². The summed E-state index contributed by atoms with van der Waals surface area (Å²) < 4.78 is 15.2. The van der Waals surface area contributed by atoms with Crippen LogP contribution in [0.5, 0.6) is 23.0 Å². The van der Waals surface area contributed by atoms with E-state index in [1.165, 1.54) is 12.7 Å². The number of rotatable bonds is 11. The third-order valence-corrected chi connectivity index (χ3v) is 9.26. The van der Waals surface area contributed by atoms with E-state index in [-0.39, 0.29) is 40.8 Å². The van der Waals surface area contributed by atoms with Gasteiger partial charge in [0, 0.05) is 35.4 Å². The summed E-state index contributed by atoms with van der Waals surface area (Å²) in [6.07, 6.45) is 8.27. The number of hydrogen-bond donors (Lipinski definition) is 0. The fraction of sp³-hybridized carbons (Fsp3) is 0.213. The second kappa shape index (κ2) is 18.0. The first-order chi connectivity index (χ1) is 26.7. The Kier molecular flexibility index (Phi) is 13.1. The number of fused-ring (bicyclic) bond motifs is 3. The van der Waals surface area contributed by atoms with Crippen molar-refractivity contribution in [2.45, 2.75) is 54.4 Å². The Morgan fingerprint density at radius 1 is 0.561 bits per heavy atom. The van der Waals surface area contributed by atoms with Gasteiger partial charge in [-0.2, -0.15) is 22.9 Å². The standard InChI is InChI=1S/C47H40N6O2.2Pd/c1-29(2)19-35-9-7-33(41-21-31(5)15-17-49-41)23-45(35)54-37-11-13-39-40-14-12-38(26-44(40)53(43(39)25-37)47-51-27-48-28-52-47)55-46-24-34(8-10-36(46)20-30(3)4)42-22-32(6)16-18-50-42;;/h7-18,21-22,27-30H,19-20H2,1-6H3;;/q-4;2*+2. The van der Waals surface area contributed by atoms with Gasteiger partial charge < -0.3 is 24.0 Å². The summed E-state index contributed by atoms with van der Waals surface area (Å²) in [5, 5.41) is 1.88. The van der Waals surface area contributed by atoms with E-state index in [0.29, 0.717) is 40.8 Å². The van der Waals surface area contributed by atoms with E-state index in [0.717, 1.165) is 79.4 Å². The molecule has 4 aromatic carbocycles. The normalized spacial score (nSPS) is 11.2. The smallest absolute Gasteiger partial charge is 0.503 e. The van der Waals surface area contributed by atoms with Crippen molar-refractivity contribution < 1.29 is 50.3 Å². The molecule has 0 spiro atoms. The summed E-state index contributed by atoms with van der Waals surface area (Å²) in [4.78, 5) is 22.4. The SMILES string of the molecule is Cc1ccnc(-c2[c-]c(Oc3[c-]c4c(cc3)c3ccc(Oc5[c-]c(-c6cc(C)ccn6)ccc5CC(C)C)[c-]c3n4-c3ncncn3)c(CC(C)C)cc2)c1.[Pd+2].[Pd+2]. The van der Waals surface area contributed by atoms with Crippen LogP contribution in [0.4, 0.5) is 0 Å². The maximum Gasteiger partial charge on any atom is 2.00 e. The molecule has 4 aromatic heterocycles. The minimum absolute atomic E-state index is 0. The molecule has 4 heterocycles. The van der Waals surface area contributed by atoms with Crippen molar-refractivity contribution in [3.63, 3.8) is 0 Å². The number of nitrogens with zero attached hydrogens (tertiary/aromatic N) is 6. The average molecular weight is 934 g/mol. The van der Waals surface area contributed by atoms with Crippen molar-refractivity contribution in [1.29, 1.82) is 0 Å². The van der Waals surface area contributed by atoms with Crippen LogP contribution < -0.4 is 9.47 Å². The van der Waals surface area contributed by atoms with Crippen LogP contribution in [0.25, 0.3) is 50.3 Å². The van der Waals surface area contributed by atoms with Crippen molar-refractivity contribution in [1.82, 2.24) is 29.5 Å². The largest absolute Gasteiger partial charge is 2.00 e. The van der Waals surface area contributed by atoms with E-state index in [2.05, 4.69) is 127 Å². The van der Waals surface area contributed by atoms with Crippen molar-refractivity contribution in [3.8, 4) is 51.5 Å². The third kappa shape index (κ3) is 9.23. The van der Waals surface area contributed by atoms with Crippen LogP contribution in [0.15, 0.2) is 97.8 Å². The molecular formula is C47H40N6O2Pd2. The number of benzene rings is 4. The number of aryl methyl sites for hydroxylation is 2. The van der Waals surface area contributed by atoms with Crippen molar-refractivity contribution in [2.24, 2.45) is 11.8 Å². The van der Waals surface area contributed by atoms with E-state index in [4.69, 9.17) is 9.47 Å². The number of ether oxygens (including phenoxy) is 2. The number of pyridine rings is 2. The zero-order valence-electron chi connectivity index (χ0n) is 32.4. The van der Waals surface area contributed by atoms with E-state index >= 15 is 0 Å². The van der Waals surface area contributed by atoms with Crippen molar-refractivity contribution in [2.75, 3.05) is 0 Å². The Labute approximate surface area is 361 Å². The van der Waals surface area contributed by atoms with Gasteiger partial charge >= 0.3 is 40.8 Å². The second-order valence-corrected chi connectivity index (χ2v) is 14.7. The molecule has 8 aromatic rings. The van der Waals surface area contributed by atoms with Gasteiger partial charge in [-0.05, 0) is 37.4 Å². The van der Waals surface area contributed by atoms with Gasteiger partial charge in [0.1, 0.15) is 12.7 Å². The molecule has 10 heteroatoms. The first-order valence-corrected chi connectivity index (χ1v) is 18.6. The Morgan fingerprint density at radius 3 is 1.44 bits per heavy atom. The van der Waals surface area contributed by atoms with Gasteiger partial charge in [0.05, 0.1) is 0 Å². The third-order valence-electron chi connectivity index (χ3n) is 9.26. The monoisotopic (exact) mass is 932 g/mol. The molecule has 290 valence electrons. The molecule has 0 saturated carbocycles. The second-order valence-electron chi connectivity index (χ2n) is 14.7. The van der Waals surface area contributed by atoms with E-state index in [1.807, 2.05) is 53.4 Å². The van der Waals surface area contributed by atoms with Gasteiger partial charge in [-0.1, -0.05) is 110 Å². The first kappa shape index (κ1) is 41.5. The van der Waals surface area contributed by atoms with Gasteiger partial charge in [-0.15, -0.1) is 59.7 Å². The summed E-state index contributed by atoms with van der Waals surface area (Å²) in [7, 11) is 0. The predicted molar refractivity (Wildman–Crippen MR) is 216 cm³/mol. The molecule has 8 nitrogen and oxygen atoms in total. The molecule has 0 N–H and O–H groups in total. The van der Waals surface area contributed by atoms with Gasteiger partial charge in [-0.3, -0.25) is 0 Å². The van der Waals surface area contributed by atoms with Crippen LogP contribution >= 0.6 is 0 Å². The molecule has 0 aliphatic rings. The van der Waals surface area contributed by atoms with Crippen molar-refractivity contribution >= 4 is 21.8 Å². The molecule has 0 aliphatic heterocycles. The van der Waals surface area contributed by atoms with Crippen LogP contribution in [-0.2, 0) is 53.7 Å². The molecule has 0 atom stereocenters. The van der Waals surface area contributed by atoms with Crippen LogP contribution in [0.3, 0.4) is 0 Å². The molecule has 0 unspecified atom stereocenters. The zero-order valence-corrected chi connectivity index (χ0v) is 35.5. The van der Waals surface area contributed by atoms with E-state index in [1.54, 1.807) is 0 Å². The maximum absolute atomic E-state index is 6.65. The van der Waals surface area contributed by atoms with Gasteiger partial charge in [0.25, 0.3) is 0 Å². The summed E-state index contributed by atoms with van der Waals surface area (Å²) in [5.41, 5.74) is 9.25. The number of hydrogen-bond acceptors (Lipinski definition) is 7. The Bertz CT molecular complexity index is 2500. The number of aromatic nitrogens is 6. The van der Waals surface area contributed by atoms with Gasteiger partial charge in [-0.25, -0.2) is 15.0 Å². The summed E-state index contributed by atoms with van der Waals surface area (Å²) in [5.74, 6) is 3.63. The summed E-state index contributed by atoms with van der Waals surface area (Å²) >= 11 is 0. The predicted octanol–water partition coefficient (Wildman–Crippen LogP) is 10.9. The Balaban J connectivity index is 0.00000275. The molecule has 0 bridgehead atoms. The molecule has 0 fully saturated rings. The van der Waals surface area contributed by atoms with Crippen LogP contribution in [-0.4, -0.2) is 29.5 Å². The molecule has 0 aliphatic carbocycles. The average Bonchev–Trinajstić information content (AvgIpc) is 3.49. The Morgan fingerprint density at radius 2 is 1.02 bits per heavy atom. The fourth-order valence-corrected chi connectivity index (χ4v) is 6.77. The van der Waals surface area contributed by atoms with Gasteiger partial charge in [0.2, 0.25) is 5.95 Å². The molecule has 0 saturated heterocycles. The molecule has 0 radical (unpaired) electrons. The van der Waals surface area contributed by atoms with Crippen LogP contribution in [0.1, 0.15) is 49.9 Å². The molecule has 0 amide bonds. The quantitative estimate of drug-likeness (QED) is 0.0943. The minimum atomic E-state index is 0. The van der Waals surface area contributed by atoms with Gasteiger partial charge in [0.15, 0.2) is 0 Å².